The molecule has 2 heterocycles. The quantitative estimate of drug-likeness (QED) is 0.158. The third-order valence-corrected chi connectivity index (χ3v) is 12.3. The maximum Gasteiger partial charge on any atom is 0.0562 e. The molecule has 2 nitrogen and oxygen atoms in total. The number of para-hydroxylation sites is 3. The molecule has 57 heavy (non-hydrogen) atoms. The van der Waals surface area contributed by atoms with Gasteiger partial charge in [0.2, 0.25) is 0 Å². The van der Waals surface area contributed by atoms with E-state index >= 15 is 0 Å². The Morgan fingerprint density at radius 2 is 0.982 bits per heavy atom. The van der Waals surface area contributed by atoms with Gasteiger partial charge in [0.15, 0.2) is 0 Å². The van der Waals surface area contributed by atoms with Gasteiger partial charge in [-0.15, -0.1) is 11.3 Å². The molecule has 0 fully saturated rings. The SMILES string of the molecule is c1ccc(-c2cccc(-n3c4ccccc4c4ccc(N(c5ccccc5)c5ccccc5-c5ccc6sc7ccccc7c6c5)cc43)c2-c2ccccc2)cc1. The van der Waals surface area contributed by atoms with Crippen molar-refractivity contribution in [1.82, 2.24) is 4.57 Å². The van der Waals surface area contributed by atoms with E-state index in [1.54, 1.807) is 0 Å². The van der Waals surface area contributed by atoms with E-state index in [4.69, 9.17) is 0 Å². The predicted octanol–water partition coefficient (Wildman–Crippen LogP) is 15.6. The fourth-order valence-corrected chi connectivity index (χ4v) is 9.75. The van der Waals surface area contributed by atoms with Crippen LogP contribution in [0, 0.1) is 0 Å². The molecule has 0 saturated carbocycles. The molecule has 0 bridgehead atoms. The van der Waals surface area contributed by atoms with E-state index in [1.807, 2.05) is 11.3 Å². The average molecular weight is 745 g/mol. The molecule has 268 valence electrons. The summed E-state index contributed by atoms with van der Waals surface area (Å²) in [6.07, 6.45) is 0. The standard InChI is InChI=1S/C54H36N2S/c1-4-17-37(18-5-1)43-26-16-29-50(54(43)38-19-6-2-7-20-38)56-49-28-14-11-24-44(49)45-33-32-41(36-51(45)56)55(40-21-8-3-9-22-40)48-27-13-10-23-42(48)39-31-34-53-47(35-39)46-25-12-15-30-52(46)57-53/h1-36H. The Balaban J connectivity index is 1.16. The molecule has 0 aliphatic carbocycles. The number of rotatable bonds is 7. The first-order valence-electron chi connectivity index (χ1n) is 19.4. The number of aromatic nitrogens is 1. The van der Waals surface area contributed by atoms with Gasteiger partial charge in [-0.3, -0.25) is 0 Å². The Hall–Kier alpha value is -7.20. The van der Waals surface area contributed by atoms with Gasteiger partial charge in [0.1, 0.15) is 0 Å². The van der Waals surface area contributed by atoms with Crippen molar-refractivity contribution in [1.29, 1.82) is 0 Å². The van der Waals surface area contributed by atoms with E-state index in [1.165, 1.54) is 69.8 Å². The normalized spacial score (nSPS) is 11.5. The molecule has 0 amide bonds. The van der Waals surface area contributed by atoms with Crippen molar-refractivity contribution in [2.45, 2.75) is 0 Å². The van der Waals surface area contributed by atoms with Crippen LogP contribution in [0.1, 0.15) is 0 Å². The van der Waals surface area contributed by atoms with Gasteiger partial charge in [-0.2, -0.15) is 0 Å². The van der Waals surface area contributed by atoms with E-state index < -0.39 is 0 Å². The third-order valence-electron chi connectivity index (χ3n) is 11.2. The lowest BCUT2D eigenvalue weighted by molar-refractivity contribution is 1.18. The Morgan fingerprint density at radius 1 is 0.351 bits per heavy atom. The summed E-state index contributed by atoms with van der Waals surface area (Å²) in [5, 5.41) is 5.05. The second kappa shape index (κ2) is 13.8. The summed E-state index contributed by atoms with van der Waals surface area (Å²) >= 11 is 1.86. The zero-order valence-corrected chi connectivity index (χ0v) is 31.9. The van der Waals surface area contributed by atoms with Crippen molar-refractivity contribution >= 4 is 70.4 Å². The van der Waals surface area contributed by atoms with Crippen molar-refractivity contribution in [3.05, 3.63) is 218 Å². The average Bonchev–Trinajstić information content (AvgIpc) is 3.82. The molecule has 0 aliphatic rings. The largest absolute Gasteiger partial charge is 0.310 e. The van der Waals surface area contributed by atoms with Crippen LogP contribution in [0.3, 0.4) is 0 Å². The second-order valence-electron chi connectivity index (χ2n) is 14.5. The lowest BCUT2D eigenvalue weighted by Gasteiger charge is -2.28. The van der Waals surface area contributed by atoms with Gasteiger partial charge < -0.3 is 9.47 Å². The number of thiophene rings is 1. The van der Waals surface area contributed by atoms with Crippen molar-refractivity contribution < 1.29 is 0 Å². The van der Waals surface area contributed by atoms with Gasteiger partial charge >= 0.3 is 0 Å². The molecular formula is C54H36N2S. The number of hydrogen-bond acceptors (Lipinski definition) is 2. The molecule has 0 aliphatic heterocycles. The Bertz CT molecular complexity index is 3230. The molecule has 0 spiro atoms. The van der Waals surface area contributed by atoms with Crippen LogP contribution in [0.25, 0.3) is 81.0 Å². The monoisotopic (exact) mass is 744 g/mol. The van der Waals surface area contributed by atoms with Gasteiger partial charge in [0.05, 0.1) is 22.4 Å². The van der Waals surface area contributed by atoms with Crippen LogP contribution < -0.4 is 4.90 Å². The van der Waals surface area contributed by atoms with Crippen LogP contribution in [-0.4, -0.2) is 4.57 Å². The van der Waals surface area contributed by atoms with Crippen LogP contribution in [0.15, 0.2) is 218 Å². The van der Waals surface area contributed by atoms with Gasteiger partial charge in [0, 0.05) is 53.4 Å². The van der Waals surface area contributed by atoms with Gasteiger partial charge in [-0.05, 0) is 82.9 Å². The zero-order chi connectivity index (χ0) is 37.7. The topological polar surface area (TPSA) is 8.17 Å². The van der Waals surface area contributed by atoms with Gasteiger partial charge in [0.25, 0.3) is 0 Å². The van der Waals surface area contributed by atoms with Crippen LogP contribution in [0.2, 0.25) is 0 Å². The minimum atomic E-state index is 1.09. The van der Waals surface area contributed by atoms with Crippen LogP contribution in [0.5, 0.6) is 0 Å². The van der Waals surface area contributed by atoms with E-state index in [-0.39, 0.29) is 0 Å². The molecule has 2 aromatic heterocycles. The highest BCUT2D eigenvalue weighted by atomic mass is 32.1. The summed E-state index contributed by atoms with van der Waals surface area (Å²) < 4.78 is 5.10. The maximum atomic E-state index is 2.48. The number of hydrogen-bond donors (Lipinski definition) is 0. The summed E-state index contributed by atoms with van der Waals surface area (Å²) in [4.78, 5) is 2.42. The van der Waals surface area contributed by atoms with E-state index in [0.29, 0.717) is 0 Å². The summed E-state index contributed by atoms with van der Waals surface area (Å²) in [6.45, 7) is 0. The number of anilines is 3. The van der Waals surface area contributed by atoms with Crippen molar-refractivity contribution in [3.8, 4) is 39.1 Å². The molecule has 0 N–H and O–H groups in total. The highest BCUT2D eigenvalue weighted by molar-refractivity contribution is 7.25. The molecule has 0 unspecified atom stereocenters. The highest BCUT2D eigenvalue weighted by Crippen LogP contribution is 2.46. The Morgan fingerprint density at radius 3 is 1.81 bits per heavy atom. The predicted molar refractivity (Wildman–Crippen MR) is 245 cm³/mol. The third kappa shape index (κ3) is 5.63. The van der Waals surface area contributed by atoms with E-state index in [2.05, 4.69) is 228 Å². The minimum absolute atomic E-state index is 1.09. The van der Waals surface area contributed by atoms with Crippen LogP contribution in [-0.2, 0) is 0 Å². The zero-order valence-electron chi connectivity index (χ0n) is 31.1. The molecule has 3 heteroatoms. The number of nitrogens with zero attached hydrogens (tertiary/aromatic N) is 2. The number of benzene rings is 9. The smallest absolute Gasteiger partial charge is 0.0562 e. The molecule has 9 aromatic carbocycles. The molecular weight excluding hydrogens is 709 g/mol. The first kappa shape index (κ1) is 33.2. The minimum Gasteiger partial charge on any atom is -0.310 e. The number of fused-ring (bicyclic) bond motifs is 6. The molecule has 0 saturated heterocycles. The fraction of sp³-hybridized carbons (Fsp3) is 0. The Kier molecular flexibility index (Phi) is 8.04. The maximum absolute atomic E-state index is 2.48. The van der Waals surface area contributed by atoms with Crippen molar-refractivity contribution in [2.75, 3.05) is 4.90 Å². The van der Waals surface area contributed by atoms with E-state index in [9.17, 15) is 0 Å². The summed E-state index contributed by atoms with van der Waals surface area (Å²) in [6, 6.07) is 79.4. The summed E-state index contributed by atoms with van der Waals surface area (Å²) in [5.74, 6) is 0. The lowest BCUT2D eigenvalue weighted by atomic mass is 9.93. The molecule has 11 rings (SSSR count). The Labute approximate surface area is 335 Å². The van der Waals surface area contributed by atoms with E-state index in [0.717, 1.165) is 28.3 Å². The lowest BCUT2D eigenvalue weighted by Crippen LogP contribution is -2.11. The molecule has 0 atom stereocenters. The first-order chi connectivity index (χ1) is 28.3. The van der Waals surface area contributed by atoms with Gasteiger partial charge in [-0.1, -0.05) is 158 Å². The second-order valence-corrected chi connectivity index (χ2v) is 15.6. The van der Waals surface area contributed by atoms with Crippen molar-refractivity contribution in [2.24, 2.45) is 0 Å². The highest BCUT2D eigenvalue weighted by Gasteiger charge is 2.22. The van der Waals surface area contributed by atoms with Gasteiger partial charge in [-0.25, -0.2) is 0 Å². The summed E-state index contributed by atoms with van der Waals surface area (Å²) in [5.41, 5.74) is 14.0. The summed E-state index contributed by atoms with van der Waals surface area (Å²) in [7, 11) is 0. The van der Waals surface area contributed by atoms with Crippen LogP contribution in [0.4, 0.5) is 17.1 Å². The molecule has 11 aromatic rings. The first-order valence-corrected chi connectivity index (χ1v) is 20.3. The van der Waals surface area contributed by atoms with Crippen LogP contribution >= 0.6 is 11.3 Å². The fourth-order valence-electron chi connectivity index (χ4n) is 8.66. The molecule has 0 radical (unpaired) electrons. The van der Waals surface area contributed by atoms with Crippen molar-refractivity contribution in [3.63, 3.8) is 0 Å².